The van der Waals surface area contributed by atoms with Gasteiger partial charge in [0.05, 0.1) is 11.1 Å². The Morgan fingerprint density at radius 2 is 2.16 bits per heavy atom. The van der Waals surface area contributed by atoms with Crippen molar-refractivity contribution in [2.45, 2.75) is 36.4 Å². The monoisotopic (exact) mass is 320 g/mol. The molecule has 1 aliphatic heterocycles. The molecule has 1 saturated heterocycles. The molecule has 0 radical (unpaired) electrons. The van der Waals surface area contributed by atoms with E-state index in [1.54, 1.807) is 12.1 Å². The molecule has 0 bridgehead atoms. The van der Waals surface area contributed by atoms with Crippen LogP contribution in [-0.4, -0.2) is 33.2 Å². The minimum Gasteiger partial charge on any atom is -0.392 e. The summed E-state index contributed by atoms with van der Waals surface area (Å²) in [4.78, 5) is 0. The maximum Gasteiger partial charge on any atom is 0.142 e. The number of benzene rings is 1. The number of rotatable bonds is 4. The molecule has 0 aromatic heterocycles. The van der Waals surface area contributed by atoms with Crippen LogP contribution in [0.2, 0.25) is 5.02 Å². The number of hydrogen-bond acceptors (Lipinski definition) is 3. The zero-order valence-corrected chi connectivity index (χ0v) is 13.2. The molecule has 2 rings (SSSR count). The average molecular weight is 321 g/mol. The van der Waals surface area contributed by atoms with Gasteiger partial charge < -0.3 is 5.11 Å². The zero-order valence-electron chi connectivity index (χ0n) is 10.8. The third-order valence-corrected chi connectivity index (χ3v) is 7.15. The van der Waals surface area contributed by atoms with Gasteiger partial charge in [-0.25, -0.2) is 4.39 Å². The predicted molar refractivity (Wildman–Crippen MR) is 83.9 cm³/mol. The molecular weight excluding hydrogens is 303 g/mol. The van der Waals surface area contributed by atoms with E-state index in [-0.39, 0.29) is 10.3 Å². The van der Waals surface area contributed by atoms with Crippen LogP contribution >= 0.6 is 35.1 Å². The third-order valence-electron chi connectivity index (χ3n) is 3.33. The second-order valence-electron chi connectivity index (χ2n) is 4.64. The van der Waals surface area contributed by atoms with Gasteiger partial charge in [0.15, 0.2) is 0 Å². The quantitative estimate of drug-likeness (QED) is 0.905. The van der Waals surface area contributed by atoms with E-state index in [9.17, 15) is 9.50 Å². The first-order valence-corrected chi connectivity index (χ1v) is 8.95. The Hall–Kier alpha value is 0.1000. The fraction of sp³-hybridized carbons (Fsp3) is 0.571. The van der Waals surface area contributed by atoms with Crippen LogP contribution in [0.3, 0.4) is 0 Å². The molecule has 1 nitrogen and oxygen atoms in total. The molecule has 1 N–H and O–H groups in total. The van der Waals surface area contributed by atoms with Crippen molar-refractivity contribution in [1.29, 1.82) is 0 Å². The standard InChI is InChI=1S/C14H18ClFOS2/c1-2-12-14(19-7-6-18-12)11(17)8-9-4-3-5-10(16)13(9)15/h3-5,11-12,14,17H,2,6-8H2,1H3. The van der Waals surface area contributed by atoms with Crippen LogP contribution in [0.5, 0.6) is 0 Å². The van der Waals surface area contributed by atoms with E-state index in [0.29, 0.717) is 17.2 Å². The minimum absolute atomic E-state index is 0.142. The molecule has 0 saturated carbocycles. The van der Waals surface area contributed by atoms with Crippen LogP contribution < -0.4 is 0 Å². The fourth-order valence-electron chi connectivity index (χ4n) is 2.34. The summed E-state index contributed by atoms with van der Waals surface area (Å²) in [5, 5.41) is 11.3. The molecule has 0 spiro atoms. The zero-order chi connectivity index (χ0) is 13.8. The van der Waals surface area contributed by atoms with Crippen molar-refractivity contribution >= 4 is 35.1 Å². The van der Waals surface area contributed by atoms with E-state index in [0.717, 1.165) is 17.9 Å². The van der Waals surface area contributed by atoms with Gasteiger partial charge in [-0.05, 0) is 18.1 Å². The highest BCUT2D eigenvalue weighted by atomic mass is 35.5. The Morgan fingerprint density at radius 3 is 2.89 bits per heavy atom. The lowest BCUT2D eigenvalue weighted by Gasteiger charge is -2.33. The summed E-state index contributed by atoms with van der Waals surface area (Å²) >= 11 is 9.70. The molecule has 19 heavy (non-hydrogen) atoms. The third kappa shape index (κ3) is 3.81. The largest absolute Gasteiger partial charge is 0.392 e. The van der Waals surface area contributed by atoms with Gasteiger partial charge in [-0.2, -0.15) is 23.5 Å². The molecule has 0 aliphatic carbocycles. The van der Waals surface area contributed by atoms with Gasteiger partial charge >= 0.3 is 0 Å². The Kier molecular flexibility index (Phi) is 5.87. The second kappa shape index (κ2) is 7.21. The highest BCUT2D eigenvalue weighted by Crippen LogP contribution is 2.36. The van der Waals surface area contributed by atoms with Gasteiger partial charge in [0.1, 0.15) is 5.82 Å². The smallest absolute Gasteiger partial charge is 0.142 e. The van der Waals surface area contributed by atoms with Gasteiger partial charge in [0.2, 0.25) is 0 Å². The summed E-state index contributed by atoms with van der Waals surface area (Å²) < 4.78 is 13.4. The van der Waals surface area contributed by atoms with Crippen molar-refractivity contribution < 1.29 is 9.50 Å². The summed E-state index contributed by atoms with van der Waals surface area (Å²) in [5.41, 5.74) is 0.695. The van der Waals surface area contributed by atoms with Gasteiger partial charge in [-0.1, -0.05) is 30.7 Å². The van der Waals surface area contributed by atoms with Crippen molar-refractivity contribution in [3.05, 3.63) is 34.6 Å². The van der Waals surface area contributed by atoms with Crippen LogP contribution in [0.4, 0.5) is 4.39 Å². The predicted octanol–water partition coefficient (Wildman–Crippen LogP) is 4.01. The Balaban J connectivity index is 2.07. The maximum atomic E-state index is 13.4. The SMILES string of the molecule is CCC1SCCSC1C(O)Cc1cccc(F)c1Cl. The lowest BCUT2D eigenvalue weighted by Crippen LogP contribution is -2.37. The van der Waals surface area contributed by atoms with Gasteiger partial charge in [-0.15, -0.1) is 0 Å². The Morgan fingerprint density at radius 1 is 1.42 bits per heavy atom. The van der Waals surface area contributed by atoms with Crippen LogP contribution in [0.15, 0.2) is 18.2 Å². The molecule has 1 heterocycles. The Labute approximate surface area is 127 Å². The van der Waals surface area contributed by atoms with E-state index in [1.807, 2.05) is 23.5 Å². The van der Waals surface area contributed by atoms with E-state index >= 15 is 0 Å². The molecule has 5 heteroatoms. The molecule has 106 valence electrons. The van der Waals surface area contributed by atoms with Crippen molar-refractivity contribution in [1.82, 2.24) is 0 Å². The first-order valence-electron chi connectivity index (χ1n) is 6.47. The summed E-state index contributed by atoms with van der Waals surface area (Å²) in [5.74, 6) is 1.80. The first-order chi connectivity index (χ1) is 9.13. The maximum absolute atomic E-state index is 13.4. The van der Waals surface area contributed by atoms with Crippen molar-refractivity contribution in [3.63, 3.8) is 0 Å². The number of halogens is 2. The molecule has 1 aromatic rings. The summed E-state index contributed by atoms with van der Waals surface area (Å²) in [6, 6.07) is 4.78. The highest BCUT2D eigenvalue weighted by Gasteiger charge is 2.31. The number of hydrogen-bond donors (Lipinski definition) is 1. The van der Waals surface area contributed by atoms with Crippen LogP contribution in [-0.2, 0) is 6.42 Å². The Bertz CT molecular complexity index is 430. The molecule has 3 atom stereocenters. The summed E-state index contributed by atoms with van der Waals surface area (Å²) in [7, 11) is 0. The van der Waals surface area contributed by atoms with Crippen LogP contribution in [0.25, 0.3) is 0 Å². The van der Waals surface area contributed by atoms with E-state index in [2.05, 4.69) is 6.92 Å². The van der Waals surface area contributed by atoms with Crippen molar-refractivity contribution in [2.75, 3.05) is 11.5 Å². The number of thioether (sulfide) groups is 2. The minimum atomic E-state index is -0.470. The lowest BCUT2D eigenvalue weighted by atomic mass is 10.0. The van der Waals surface area contributed by atoms with E-state index in [4.69, 9.17) is 11.6 Å². The van der Waals surface area contributed by atoms with Gasteiger partial charge in [0.25, 0.3) is 0 Å². The number of aliphatic hydroxyl groups is 1. The van der Waals surface area contributed by atoms with Crippen LogP contribution in [0.1, 0.15) is 18.9 Å². The first kappa shape index (κ1) is 15.5. The molecule has 0 amide bonds. The van der Waals surface area contributed by atoms with Gasteiger partial charge in [-0.3, -0.25) is 0 Å². The van der Waals surface area contributed by atoms with Gasteiger partial charge in [0, 0.05) is 28.4 Å². The van der Waals surface area contributed by atoms with E-state index in [1.165, 1.54) is 6.07 Å². The molecular formula is C14H18ClFOS2. The highest BCUT2D eigenvalue weighted by molar-refractivity contribution is 8.07. The molecule has 1 fully saturated rings. The summed E-state index contributed by atoms with van der Waals surface area (Å²) in [6.07, 6.45) is 1.00. The van der Waals surface area contributed by atoms with Crippen LogP contribution in [0, 0.1) is 5.82 Å². The number of aliphatic hydroxyl groups excluding tert-OH is 1. The van der Waals surface area contributed by atoms with E-state index < -0.39 is 11.9 Å². The topological polar surface area (TPSA) is 20.2 Å². The van der Waals surface area contributed by atoms with Crippen molar-refractivity contribution in [2.24, 2.45) is 0 Å². The molecule has 1 aromatic carbocycles. The second-order valence-corrected chi connectivity index (χ2v) is 7.65. The average Bonchev–Trinajstić information content (AvgIpc) is 2.43. The normalized spacial score (nSPS) is 25.3. The lowest BCUT2D eigenvalue weighted by molar-refractivity contribution is 0.169. The summed E-state index contributed by atoms with van der Waals surface area (Å²) in [6.45, 7) is 2.15. The molecule has 3 unspecified atom stereocenters. The fourth-order valence-corrected chi connectivity index (χ4v) is 5.69. The van der Waals surface area contributed by atoms with Crippen molar-refractivity contribution in [3.8, 4) is 0 Å². The molecule has 1 aliphatic rings.